The van der Waals surface area contributed by atoms with E-state index in [1.165, 1.54) is 11.3 Å². The number of nitrogens with zero attached hydrogens (tertiary/aromatic N) is 6. The SMILES string of the molecule is CCC(C)n1ncn(-c2ccc(N3CCC(Cc4ccc(OCC5COC(Cn6cccn6)(c6ccc(Cl)cc6Cl)O5)cc4)CC3)cc2)c1=O. The molecule has 2 aromatic heterocycles. The number of piperidine rings is 1. The van der Waals surface area contributed by atoms with Gasteiger partial charge in [-0.1, -0.05) is 48.3 Å². The summed E-state index contributed by atoms with van der Waals surface area (Å²) in [6.07, 6.45) is 9.04. The Labute approximate surface area is 302 Å². The molecule has 12 heteroatoms. The van der Waals surface area contributed by atoms with Crippen LogP contribution >= 0.6 is 23.2 Å². The number of hydrogen-bond acceptors (Lipinski definition) is 7. The summed E-state index contributed by atoms with van der Waals surface area (Å²) >= 11 is 12.8. The van der Waals surface area contributed by atoms with E-state index in [-0.39, 0.29) is 17.8 Å². The van der Waals surface area contributed by atoms with Crippen LogP contribution in [0.3, 0.4) is 0 Å². The van der Waals surface area contributed by atoms with Crippen LogP contribution in [0.4, 0.5) is 5.69 Å². The Morgan fingerprint density at radius 3 is 2.46 bits per heavy atom. The first-order valence-corrected chi connectivity index (χ1v) is 18.0. The molecule has 7 rings (SSSR count). The molecule has 0 aliphatic carbocycles. The highest BCUT2D eigenvalue weighted by atomic mass is 35.5. The molecular formula is C38H42Cl2N6O4. The van der Waals surface area contributed by atoms with Gasteiger partial charge in [-0.05, 0) is 98.7 Å². The standard InChI is InChI=1S/C38H42Cl2N6O4/c1-3-27(2)46-37(47)45(26-42-46)32-10-8-31(9-11-32)43-19-15-29(16-20-43)21-28-5-12-33(13-6-28)48-23-34-24-49-38(50-34,25-44-18-4-17-41-44)35-14-7-30(39)22-36(35)40/h4-14,17-18,22,26-27,29,34H,3,15-16,19-21,23-25H2,1-2H3. The van der Waals surface area contributed by atoms with E-state index >= 15 is 0 Å². The van der Waals surface area contributed by atoms with E-state index in [1.54, 1.807) is 38.6 Å². The van der Waals surface area contributed by atoms with Crippen LogP contribution in [-0.2, 0) is 28.2 Å². The van der Waals surface area contributed by atoms with Gasteiger partial charge in [-0.15, -0.1) is 0 Å². The fourth-order valence-electron chi connectivity index (χ4n) is 6.79. The van der Waals surface area contributed by atoms with E-state index in [0.29, 0.717) is 41.3 Å². The minimum Gasteiger partial charge on any atom is -0.491 e. The predicted octanol–water partition coefficient (Wildman–Crippen LogP) is 7.31. The number of benzene rings is 3. The van der Waals surface area contributed by atoms with Crippen LogP contribution in [0, 0.1) is 5.92 Å². The molecule has 3 atom stereocenters. The van der Waals surface area contributed by atoms with Crippen LogP contribution in [-0.4, -0.2) is 56.5 Å². The second-order valence-corrected chi connectivity index (χ2v) is 14.1. The summed E-state index contributed by atoms with van der Waals surface area (Å²) in [6.45, 7) is 7.10. The second-order valence-electron chi connectivity index (χ2n) is 13.2. The zero-order chi connectivity index (χ0) is 34.7. The van der Waals surface area contributed by atoms with E-state index in [2.05, 4.69) is 46.3 Å². The molecule has 0 spiro atoms. The molecule has 50 heavy (non-hydrogen) atoms. The maximum absolute atomic E-state index is 12.8. The normalized spacial score (nSPS) is 20.3. The lowest BCUT2D eigenvalue weighted by Crippen LogP contribution is -2.35. The quantitative estimate of drug-likeness (QED) is 0.134. The highest BCUT2D eigenvalue weighted by molar-refractivity contribution is 6.35. The topological polar surface area (TPSA) is 88.6 Å². The van der Waals surface area contributed by atoms with Crippen LogP contribution in [0.15, 0.2) is 96.3 Å². The molecule has 2 saturated heterocycles. The van der Waals surface area contributed by atoms with Crippen molar-refractivity contribution < 1.29 is 14.2 Å². The Kier molecular flexibility index (Phi) is 10.3. The van der Waals surface area contributed by atoms with Gasteiger partial charge in [0.15, 0.2) is 0 Å². The maximum atomic E-state index is 12.8. The zero-order valence-corrected chi connectivity index (χ0v) is 29.8. The second kappa shape index (κ2) is 15.0. The minimum atomic E-state index is -1.11. The lowest BCUT2D eigenvalue weighted by atomic mass is 9.90. The van der Waals surface area contributed by atoms with Gasteiger partial charge in [-0.2, -0.15) is 10.2 Å². The van der Waals surface area contributed by atoms with Crippen molar-refractivity contribution in [1.29, 1.82) is 0 Å². The zero-order valence-electron chi connectivity index (χ0n) is 28.3. The first-order chi connectivity index (χ1) is 24.3. The lowest BCUT2D eigenvalue weighted by molar-refractivity contribution is -0.190. The van der Waals surface area contributed by atoms with Crippen molar-refractivity contribution in [3.05, 3.63) is 123 Å². The first kappa shape index (κ1) is 34.4. The summed E-state index contributed by atoms with van der Waals surface area (Å²) in [5, 5.41) is 9.68. The largest absolute Gasteiger partial charge is 0.491 e. The van der Waals surface area contributed by atoms with Crippen molar-refractivity contribution >= 4 is 28.9 Å². The molecule has 0 amide bonds. The molecule has 0 radical (unpaired) electrons. The summed E-state index contributed by atoms with van der Waals surface area (Å²) < 4.78 is 23.9. The molecule has 2 aliphatic heterocycles. The van der Waals surface area contributed by atoms with Crippen molar-refractivity contribution in [3.8, 4) is 11.4 Å². The van der Waals surface area contributed by atoms with Crippen molar-refractivity contribution in [1.82, 2.24) is 24.1 Å². The minimum absolute atomic E-state index is 0.0753. The fourth-order valence-corrected chi connectivity index (χ4v) is 7.35. The van der Waals surface area contributed by atoms with Gasteiger partial charge in [0.2, 0.25) is 5.79 Å². The Morgan fingerprint density at radius 1 is 1.00 bits per heavy atom. The van der Waals surface area contributed by atoms with Gasteiger partial charge in [-0.25, -0.2) is 14.0 Å². The van der Waals surface area contributed by atoms with E-state index < -0.39 is 5.79 Å². The molecule has 3 aromatic carbocycles. The maximum Gasteiger partial charge on any atom is 0.350 e. The molecular weight excluding hydrogens is 675 g/mol. The average molecular weight is 718 g/mol. The van der Waals surface area contributed by atoms with Crippen molar-refractivity contribution in [2.24, 2.45) is 5.92 Å². The summed E-state index contributed by atoms with van der Waals surface area (Å²) in [4.78, 5) is 15.2. The van der Waals surface area contributed by atoms with Crippen molar-refractivity contribution in [2.45, 2.75) is 64.0 Å². The predicted molar refractivity (Wildman–Crippen MR) is 195 cm³/mol. The number of anilines is 1. The van der Waals surface area contributed by atoms with E-state index in [9.17, 15) is 4.79 Å². The summed E-state index contributed by atoms with van der Waals surface area (Å²) in [6, 6.07) is 23.9. The first-order valence-electron chi connectivity index (χ1n) is 17.3. The van der Waals surface area contributed by atoms with Crippen LogP contribution in [0.1, 0.15) is 50.3 Å². The summed E-state index contributed by atoms with van der Waals surface area (Å²) in [5.41, 5.74) is 3.92. The Hall–Kier alpha value is -4.09. The molecule has 0 N–H and O–H groups in total. The van der Waals surface area contributed by atoms with E-state index in [1.807, 2.05) is 49.5 Å². The number of aromatic nitrogens is 5. The van der Waals surface area contributed by atoms with Gasteiger partial charge in [0.1, 0.15) is 24.8 Å². The molecule has 262 valence electrons. The third kappa shape index (κ3) is 7.49. The van der Waals surface area contributed by atoms with Gasteiger partial charge < -0.3 is 19.1 Å². The summed E-state index contributed by atoms with van der Waals surface area (Å²) in [7, 11) is 0. The number of rotatable bonds is 12. The van der Waals surface area contributed by atoms with Crippen LogP contribution in [0.5, 0.6) is 5.75 Å². The van der Waals surface area contributed by atoms with E-state index in [0.717, 1.165) is 50.2 Å². The van der Waals surface area contributed by atoms with Crippen LogP contribution in [0.2, 0.25) is 10.0 Å². The van der Waals surface area contributed by atoms with Gasteiger partial charge >= 0.3 is 5.69 Å². The third-order valence-corrected chi connectivity index (χ3v) is 10.4. The average Bonchev–Trinajstić information content (AvgIpc) is 3.89. The molecule has 2 fully saturated rings. The molecule has 4 heterocycles. The van der Waals surface area contributed by atoms with Crippen LogP contribution in [0.25, 0.3) is 5.69 Å². The molecule has 2 aliphatic rings. The van der Waals surface area contributed by atoms with Gasteiger partial charge in [0.05, 0.1) is 29.9 Å². The van der Waals surface area contributed by atoms with Gasteiger partial charge in [0, 0.05) is 41.8 Å². The van der Waals surface area contributed by atoms with Crippen molar-refractivity contribution in [3.63, 3.8) is 0 Å². The monoisotopic (exact) mass is 716 g/mol. The van der Waals surface area contributed by atoms with Crippen LogP contribution < -0.4 is 15.3 Å². The number of hydrogen-bond donors (Lipinski definition) is 0. The number of halogens is 2. The molecule has 3 unspecified atom stereocenters. The third-order valence-electron chi connectivity index (χ3n) is 9.82. The number of ether oxygens (including phenoxy) is 3. The highest BCUT2D eigenvalue weighted by Gasteiger charge is 2.45. The summed E-state index contributed by atoms with van der Waals surface area (Å²) in [5.74, 6) is 0.303. The Bertz CT molecular complexity index is 1920. The van der Waals surface area contributed by atoms with Gasteiger partial charge in [0.25, 0.3) is 0 Å². The van der Waals surface area contributed by atoms with E-state index in [4.69, 9.17) is 37.4 Å². The molecule has 10 nitrogen and oxygen atoms in total. The molecule has 5 aromatic rings. The highest BCUT2D eigenvalue weighted by Crippen LogP contribution is 2.40. The Morgan fingerprint density at radius 2 is 1.76 bits per heavy atom. The lowest BCUT2D eigenvalue weighted by Gasteiger charge is -2.33. The van der Waals surface area contributed by atoms with Crippen molar-refractivity contribution in [2.75, 3.05) is 31.2 Å². The molecule has 0 bridgehead atoms. The smallest absolute Gasteiger partial charge is 0.350 e. The molecule has 0 saturated carbocycles. The van der Waals surface area contributed by atoms with Gasteiger partial charge in [-0.3, -0.25) is 4.68 Å². The fraction of sp³-hybridized carbons (Fsp3) is 0.395. The Balaban J connectivity index is 0.896.